The van der Waals surface area contributed by atoms with Crippen LogP contribution in [0.25, 0.3) is 5.57 Å². The molecule has 0 saturated heterocycles. The summed E-state index contributed by atoms with van der Waals surface area (Å²) < 4.78 is 5.87. The number of aromatic nitrogens is 1. The van der Waals surface area contributed by atoms with Gasteiger partial charge in [-0.05, 0) is 90.2 Å². The van der Waals surface area contributed by atoms with Crippen molar-refractivity contribution in [2.45, 2.75) is 84.8 Å². The third-order valence-corrected chi connectivity index (χ3v) is 9.89. The lowest BCUT2D eigenvalue weighted by Gasteiger charge is -2.57. The third-order valence-electron chi connectivity index (χ3n) is 9.89. The van der Waals surface area contributed by atoms with E-state index in [0.29, 0.717) is 5.92 Å². The molecule has 0 aromatic carbocycles. The highest BCUT2D eigenvalue weighted by Crippen LogP contribution is 2.66. The molecule has 0 spiro atoms. The first-order valence-electron chi connectivity index (χ1n) is 13.0. The minimum atomic E-state index is -0.525. The number of hydrogen-bond acceptors (Lipinski definition) is 4. The molecule has 1 aromatic rings. The smallest absolute Gasteiger partial charge is 0.323 e. The number of hydrogen-bond donors (Lipinski definition) is 1. The van der Waals surface area contributed by atoms with E-state index in [2.05, 4.69) is 43.1 Å². The maximum absolute atomic E-state index is 12.5. The van der Waals surface area contributed by atoms with Gasteiger partial charge in [0.15, 0.2) is 0 Å². The van der Waals surface area contributed by atoms with Gasteiger partial charge >= 0.3 is 5.97 Å². The highest BCUT2D eigenvalue weighted by atomic mass is 16.5. The first-order valence-corrected chi connectivity index (χ1v) is 13.0. The second kappa shape index (κ2) is 8.37. The van der Waals surface area contributed by atoms with Gasteiger partial charge in [-0.15, -0.1) is 0 Å². The van der Waals surface area contributed by atoms with Gasteiger partial charge in [0.2, 0.25) is 0 Å². The molecule has 4 aliphatic carbocycles. The second-order valence-electron chi connectivity index (χ2n) is 11.9. The Morgan fingerprint density at radius 1 is 1.12 bits per heavy atom. The Balaban J connectivity index is 1.33. The molecule has 2 saturated carbocycles. The zero-order chi connectivity index (χ0) is 23.4. The third kappa shape index (κ3) is 3.69. The minimum Gasteiger partial charge on any atom is -0.461 e. The summed E-state index contributed by atoms with van der Waals surface area (Å²) in [5.41, 5.74) is 10.9. The van der Waals surface area contributed by atoms with Crippen LogP contribution in [0.3, 0.4) is 0 Å². The molecule has 7 atom stereocenters. The summed E-state index contributed by atoms with van der Waals surface area (Å²) >= 11 is 0. The van der Waals surface area contributed by atoms with Crippen molar-refractivity contribution in [2.24, 2.45) is 40.2 Å². The van der Waals surface area contributed by atoms with Crippen LogP contribution in [0, 0.1) is 34.5 Å². The Labute approximate surface area is 199 Å². The van der Waals surface area contributed by atoms with E-state index in [1.54, 1.807) is 0 Å². The number of ether oxygens (including phenoxy) is 1. The molecule has 4 nitrogen and oxygen atoms in total. The molecule has 4 aliphatic rings. The summed E-state index contributed by atoms with van der Waals surface area (Å²) in [6.45, 7) is 8.96. The average molecular weight is 449 g/mol. The van der Waals surface area contributed by atoms with Crippen molar-refractivity contribution < 1.29 is 9.53 Å². The molecule has 5 rings (SSSR count). The molecule has 178 valence electrons. The maximum atomic E-state index is 12.5. The van der Waals surface area contributed by atoms with Crippen molar-refractivity contribution in [3.8, 4) is 0 Å². The zero-order valence-electron chi connectivity index (χ0n) is 20.7. The van der Waals surface area contributed by atoms with E-state index in [0.717, 1.165) is 37.5 Å². The average Bonchev–Trinajstić information content (AvgIpc) is 3.16. The fourth-order valence-electron chi connectivity index (χ4n) is 7.78. The monoisotopic (exact) mass is 448 g/mol. The molecule has 0 radical (unpaired) electrons. The van der Waals surface area contributed by atoms with Crippen LogP contribution in [0.2, 0.25) is 0 Å². The quantitative estimate of drug-likeness (QED) is 0.458. The number of carbonyl (C=O) groups excluding carboxylic acids is 1. The van der Waals surface area contributed by atoms with Crippen LogP contribution < -0.4 is 5.73 Å². The Hall–Kier alpha value is -1.94. The van der Waals surface area contributed by atoms with Crippen LogP contribution in [-0.2, 0) is 9.53 Å². The summed E-state index contributed by atoms with van der Waals surface area (Å²) in [5.74, 6) is 2.04. The molecule has 2 fully saturated rings. The summed E-state index contributed by atoms with van der Waals surface area (Å²) in [5, 5.41) is 0. The molecule has 1 aromatic heterocycles. The van der Waals surface area contributed by atoms with E-state index in [9.17, 15) is 4.79 Å². The topological polar surface area (TPSA) is 65.2 Å². The predicted molar refractivity (Wildman–Crippen MR) is 132 cm³/mol. The standard InChI is InChI=1S/C29H40N2O2/c1-18(2)26(30)27(32)33-21-11-13-28(3)20(16-21)7-8-22-24-10-9-23(19-6-5-15-31-17-19)29(24,4)14-12-25(22)28/h5-7,9,15,17-18,21-22,24-26H,8,10-14,16,30H2,1-4H3. The number of pyridine rings is 1. The highest BCUT2D eigenvalue weighted by molar-refractivity contribution is 5.76. The van der Waals surface area contributed by atoms with Crippen LogP contribution in [0.15, 0.2) is 42.3 Å². The largest absolute Gasteiger partial charge is 0.461 e. The minimum absolute atomic E-state index is 0.0163. The molecule has 0 bridgehead atoms. The first kappa shape index (κ1) is 22.8. The normalized spacial score (nSPS) is 38.5. The van der Waals surface area contributed by atoms with Crippen LogP contribution >= 0.6 is 0 Å². The summed E-state index contributed by atoms with van der Waals surface area (Å²) in [7, 11) is 0. The van der Waals surface area contributed by atoms with Crippen molar-refractivity contribution in [2.75, 3.05) is 0 Å². The van der Waals surface area contributed by atoms with Crippen molar-refractivity contribution in [3.63, 3.8) is 0 Å². The first-order chi connectivity index (χ1) is 15.7. The van der Waals surface area contributed by atoms with Gasteiger partial charge in [-0.3, -0.25) is 9.78 Å². The van der Waals surface area contributed by atoms with Gasteiger partial charge in [0.1, 0.15) is 12.1 Å². The van der Waals surface area contributed by atoms with E-state index < -0.39 is 6.04 Å². The fraction of sp³-hybridized carbons (Fsp3) is 0.655. The van der Waals surface area contributed by atoms with Crippen molar-refractivity contribution in [3.05, 3.63) is 47.8 Å². The lowest BCUT2D eigenvalue weighted by atomic mass is 9.47. The van der Waals surface area contributed by atoms with Gasteiger partial charge in [0.25, 0.3) is 0 Å². The number of rotatable bonds is 4. The molecular formula is C29H40N2O2. The SMILES string of the molecule is CC(C)C(N)C(=O)OC1CCC2(C)C(=CCC3C2CCC2(C)C(c4cccnc4)=CCC32)C1. The molecule has 7 unspecified atom stereocenters. The van der Waals surface area contributed by atoms with E-state index in [1.165, 1.54) is 36.0 Å². The second-order valence-corrected chi connectivity index (χ2v) is 11.9. The van der Waals surface area contributed by atoms with Gasteiger partial charge in [0, 0.05) is 18.8 Å². The van der Waals surface area contributed by atoms with Crippen LogP contribution in [0.5, 0.6) is 0 Å². The number of carbonyl (C=O) groups is 1. The van der Waals surface area contributed by atoms with E-state index >= 15 is 0 Å². The highest BCUT2D eigenvalue weighted by Gasteiger charge is 2.57. The fourth-order valence-corrected chi connectivity index (χ4v) is 7.78. The molecule has 1 heterocycles. The number of allylic oxidation sites excluding steroid dienone is 3. The molecule has 0 aliphatic heterocycles. The van der Waals surface area contributed by atoms with Crippen molar-refractivity contribution >= 4 is 11.5 Å². The van der Waals surface area contributed by atoms with Gasteiger partial charge in [0.05, 0.1) is 0 Å². The van der Waals surface area contributed by atoms with E-state index in [4.69, 9.17) is 10.5 Å². The summed E-state index contributed by atoms with van der Waals surface area (Å²) in [4.78, 5) is 16.8. The van der Waals surface area contributed by atoms with Gasteiger partial charge in [-0.25, -0.2) is 0 Å². The van der Waals surface area contributed by atoms with Crippen molar-refractivity contribution in [1.29, 1.82) is 0 Å². The molecule has 2 N–H and O–H groups in total. The van der Waals surface area contributed by atoms with Gasteiger partial charge in [-0.2, -0.15) is 0 Å². The van der Waals surface area contributed by atoms with Gasteiger partial charge < -0.3 is 10.5 Å². The Morgan fingerprint density at radius 3 is 2.64 bits per heavy atom. The summed E-state index contributed by atoms with van der Waals surface area (Å²) in [6, 6.07) is 3.77. The van der Waals surface area contributed by atoms with E-state index in [1.807, 2.05) is 26.2 Å². The molecule has 4 heteroatoms. The molecule has 33 heavy (non-hydrogen) atoms. The molecular weight excluding hydrogens is 408 g/mol. The van der Waals surface area contributed by atoms with Crippen LogP contribution in [0.4, 0.5) is 0 Å². The number of esters is 1. The number of fused-ring (bicyclic) bond motifs is 5. The maximum Gasteiger partial charge on any atom is 0.323 e. The zero-order valence-corrected chi connectivity index (χ0v) is 20.7. The Morgan fingerprint density at radius 2 is 1.91 bits per heavy atom. The molecule has 0 amide bonds. The predicted octanol–water partition coefficient (Wildman–Crippen LogP) is 5.93. The Bertz CT molecular complexity index is 967. The summed E-state index contributed by atoms with van der Waals surface area (Å²) in [6.07, 6.45) is 16.8. The lowest BCUT2D eigenvalue weighted by Crippen LogP contribution is -2.50. The van der Waals surface area contributed by atoms with Crippen LogP contribution in [0.1, 0.15) is 78.2 Å². The van der Waals surface area contributed by atoms with Crippen LogP contribution in [-0.4, -0.2) is 23.1 Å². The van der Waals surface area contributed by atoms with E-state index in [-0.39, 0.29) is 28.8 Å². The lowest BCUT2D eigenvalue weighted by molar-refractivity contribution is -0.154. The number of nitrogens with zero attached hydrogens (tertiary/aromatic N) is 1. The van der Waals surface area contributed by atoms with Crippen molar-refractivity contribution in [1.82, 2.24) is 4.98 Å². The van der Waals surface area contributed by atoms with Gasteiger partial charge in [-0.1, -0.05) is 51.5 Å². The Kier molecular flexibility index (Phi) is 5.79. The number of nitrogens with two attached hydrogens (primary N) is 1.